The Morgan fingerprint density at radius 1 is 0.476 bits per heavy atom. The van der Waals surface area contributed by atoms with Crippen molar-refractivity contribution >= 4 is 11.9 Å². The van der Waals surface area contributed by atoms with Crippen LogP contribution in [0, 0.1) is 0 Å². The standard InChI is InChI=1S/C71H123NO10/c1-4-7-10-13-16-19-22-25-27-29-31-33-35-37-39-41-44-47-50-53-56-59-66(76)82-69-68(78)67(77)65(60-73)81-71(69)80-61-62(63(74)57-54-51-48-45-42-24-21-18-15-12-9-6-3)72-70(79)64(75)58-55-52-49-46-43-40-38-36-34-32-30-28-26-23-20-17-14-11-8-5-2/h16-17,19-20,25-28,31-34,38,40,54,57,62-65,67-69,71,73-75,77-78H,4-15,18,21-24,29-30,35-37,39,41-53,55-56,58-61H2,1-3H3,(H,72,79)/b19-16-,20-17-,27-25-,28-26-,33-31-,34-32-,40-38-,57-54+. The lowest BCUT2D eigenvalue weighted by Crippen LogP contribution is -2.61. The second kappa shape index (κ2) is 58.0. The number of hydrogen-bond donors (Lipinski definition) is 6. The number of ether oxygens (including phenoxy) is 3. The molecule has 1 aliphatic heterocycles. The van der Waals surface area contributed by atoms with E-state index >= 15 is 0 Å². The first-order valence-electron chi connectivity index (χ1n) is 33.5. The number of hydrogen-bond acceptors (Lipinski definition) is 10. The Hall–Kier alpha value is -3.42. The zero-order valence-electron chi connectivity index (χ0n) is 52.3. The van der Waals surface area contributed by atoms with Crippen LogP contribution in [-0.2, 0) is 23.8 Å². The predicted molar refractivity (Wildman–Crippen MR) is 342 cm³/mol. The lowest BCUT2D eigenvalue weighted by atomic mass is 9.99. The monoisotopic (exact) mass is 1150 g/mol. The first-order valence-corrected chi connectivity index (χ1v) is 33.5. The molecule has 6 N–H and O–H groups in total. The Bertz CT molecular complexity index is 1700. The molecule has 8 atom stereocenters. The minimum absolute atomic E-state index is 0.108. The molecule has 82 heavy (non-hydrogen) atoms. The van der Waals surface area contributed by atoms with Gasteiger partial charge in [-0.05, 0) is 109 Å². The molecule has 1 rings (SSSR count). The van der Waals surface area contributed by atoms with E-state index in [-0.39, 0.29) is 19.4 Å². The molecule has 1 heterocycles. The van der Waals surface area contributed by atoms with Gasteiger partial charge in [0.15, 0.2) is 12.4 Å². The summed E-state index contributed by atoms with van der Waals surface area (Å²) in [6.45, 7) is 5.73. The summed E-state index contributed by atoms with van der Waals surface area (Å²) in [5.74, 6) is -1.22. The third kappa shape index (κ3) is 45.0. The van der Waals surface area contributed by atoms with Crippen molar-refractivity contribution in [2.45, 2.75) is 327 Å². The molecule has 1 saturated heterocycles. The summed E-state index contributed by atoms with van der Waals surface area (Å²) in [4.78, 5) is 26.6. The maximum absolute atomic E-state index is 13.5. The molecule has 0 aliphatic carbocycles. The van der Waals surface area contributed by atoms with Crippen molar-refractivity contribution in [2.24, 2.45) is 0 Å². The van der Waals surface area contributed by atoms with E-state index < -0.39 is 67.4 Å². The van der Waals surface area contributed by atoms with E-state index in [1.54, 1.807) is 6.08 Å². The average molecular weight is 1150 g/mol. The van der Waals surface area contributed by atoms with Crippen molar-refractivity contribution in [3.8, 4) is 0 Å². The molecule has 0 radical (unpaired) electrons. The Morgan fingerprint density at radius 3 is 1.28 bits per heavy atom. The molecule has 472 valence electrons. The maximum atomic E-state index is 13.5. The number of carbonyl (C=O) groups is 2. The first kappa shape index (κ1) is 76.6. The van der Waals surface area contributed by atoms with Crippen LogP contribution in [-0.4, -0.2) is 99.6 Å². The van der Waals surface area contributed by atoms with Crippen molar-refractivity contribution in [1.82, 2.24) is 5.32 Å². The van der Waals surface area contributed by atoms with Gasteiger partial charge in [-0.3, -0.25) is 9.59 Å². The molecular weight excluding hydrogens is 1030 g/mol. The van der Waals surface area contributed by atoms with Crippen LogP contribution in [0.1, 0.15) is 278 Å². The van der Waals surface area contributed by atoms with Crippen LogP contribution in [0.15, 0.2) is 97.2 Å². The van der Waals surface area contributed by atoms with Crippen LogP contribution in [0.5, 0.6) is 0 Å². The second-order valence-electron chi connectivity index (χ2n) is 22.8. The molecule has 0 spiro atoms. The van der Waals surface area contributed by atoms with E-state index in [2.05, 4.69) is 111 Å². The Balaban J connectivity index is 2.66. The zero-order chi connectivity index (χ0) is 59.6. The molecule has 0 aromatic carbocycles. The van der Waals surface area contributed by atoms with Gasteiger partial charge in [-0.15, -0.1) is 0 Å². The summed E-state index contributed by atoms with van der Waals surface area (Å²) in [7, 11) is 0. The molecule has 1 amide bonds. The van der Waals surface area contributed by atoms with Crippen LogP contribution in [0.25, 0.3) is 0 Å². The fourth-order valence-electron chi connectivity index (χ4n) is 9.88. The summed E-state index contributed by atoms with van der Waals surface area (Å²) in [6, 6.07) is -1.04. The Labute approximate surface area is 501 Å². The normalized spacial score (nSPS) is 19.2. The quantitative estimate of drug-likeness (QED) is 0.0195. The molecule has 11 heteroatoms. The highest BCUT2D eigenvalue weighted by Gasteiger charge is 2.47. The van der Waals surface area contributed by atoms with E-state index in [1.807, 2.05) is 6.08 Å². The van der Waals surface area contributed by atoms with Gasteiger partial charge >= 0.3 is 5.97 Å². The lowest BCUT2D eigenvalue weighted by Gasteiger charge is -2.41. The molecule has 8 unspecified atom stereocenters. The van der Waals surface area contributed by atoms with E-state index in [0.29, 0.717) is 12.8 Å². The largest absolute Gasteiger partial charge is 0.454 e. The molecule has 0 saturated carbocycles. The number of aliphatic hydroxyl groups is 5. The maximum Gasteiger partial charge on any atom is 0.306 e. The predicted octanol–water partition coefficient (Wildman–Crippen LogP) is 16.7. The van der Waals surface area contributed by atoms with Gasteiger partial charge < -0.3 is 45.1 Å². The average Bonchev–Trinajstić information content (AvgIpc) is 3.66. The smallest absolute Gasteiger partial charge is 0.306 e. The summed E-state index contributed by atoms with van der Waals surface area (Å²) in [6.07, 6.45) is 67.2. The number of amides is 1. The molecule has 0 bridgehead atoms. The molecule has 0 aromatic heterocycles. The fourth-order valence-corrected chi connectivity index (χ4v) is 9.88. The molecule has 0 aromatic rings. The molecule has 1 fully saturated rings. The number of aliphatic hydroxyl groups excluding tert-OH is 5. The van der Waals surface area contributed by atoms with Crippen molar-refractivity contribution in [1.29, 1.82) is 0 Å². The highest BCUT2D eigenvalue weighted by Crippen LogP contribution is 2.26. The van der Waals surface area contributed by atoms with E-state index in [0.717, 1.165) is 116 Å². The van der Waals surface area contributed by atoms with Gasteiger partial charge in [0, 0.05) is 6.42 Å². The van der Waals surface area contributed by atoms with Crippen LogP contribution in [0.2, 0.25) is 0 Å². The summed E-state index contributed by atoms with van der Waals surface area (Å²) >= 11 is 0. The van der Waals surface area contributed by atoms with E-state index in [9.17, 15) is 35.1 Å². The minimum atomic E-state index is -1.63. The minimum Gasteiger partial charge on any atom is -0.454 e. The van der Waals surface area contributed by atoms with Crippen molar-refractivity contribution < 1.29 is 49.3 Å². The van der Waals surface area contributed by atoms with Gasteiger partial charge in [0.05, 0.1) is 25.4 Å². The topological polar surface area (TPSA) is 175 Å². The van der Waals surface area contributed by atoms with Gasteiger partial charge in [0.25, 0.3) is 0 Å². The highest BCUT2D eigenvalue weighted by molar-refractivity contribution is 5.80. The second-order valence-corrected chi connectivity index (χ2v) is 22.8. The van der Waals surface area contributed by atoms with E-state index in [1.165, 1.54) is 116 Å². The van der Waals surface area contributed by atoms with Crippen LogP contribution in [0.3, 0.4) is 0 Å². The number of nitrogens with one attached hydrogen (secondary N) is 1. The SMILES string of the molecule is CCCCC/C=C\C/C=C\C/C=C\C/C=C\CCCCCCC(O)C(=O)NC(COC1OC(CO)C(O)C(O)C1OC(=O)CCCCCCCCCC/C=C\C/C=C\C/C=C\CCCCC)C(O)/C=C/CCCCCCCCCCCC. The van der Waals surface area contributed by atoms with Crippen molar-refractivity contribution in [3.63, 3.8) is 0 Å². The van der Waals surface area contributed by atoms with Gasteiger partial charge in [0.2, 0.25) is 5.91 Å². The molecule has 11 nitrogen and oxygen atoms in total. The van der Waals surface area contributed by atoms with Crippen LogP contribution < -0.4 is 5.32 Å². The van der Waals surface area contributed by atoms with Gasteiger partial charge in [-0.2, -0.15) is 0 Å². The van der Waals surface area contributed by atoms with Gasteiger partial charge in [0.1, 0.15) is 24.4 Å². The lowest BCUT2D eigenvalue weighted by molar-refractivity contribution is -0.305. The Kier molecular flexibility index (Phi) is 54.2. The highest BCUT2D eigenvalue weighted by atomic mass is 16.7. The number of esters is 1. The van der Waals surface area contributed by atoms with Gasteiger partial charge in [-0.25, -0.2) is 0 Å². The molecule has 1 aliphatic rings. The Morgan fingerprint density at radius 2 is 0.841 bits per heavy atom. The third-order valence-corrected chi connectivity index (χ3v) is 15.2. The first-order chi connectivity index (χ1) is 40.2. The fraction of sp³-hybridized carbons (Fsp3) is 0.746. The zero-order valence-corrected chi connectivity index (χ0v) is 52.3. The van der Waals surface area contributed by atoms with Crippen molar-refractivity contribution in [3.05, 3.63) is 97.2 Å². The number of unbranched alkanes of at least 4 members (excludes halogenated alkanes) is 28. The number of allylic oxidation sites excluding steroid dienone is 15. The summed E-state index contributed by atoms with van der Waals surface area (Å²) in [5.41, 5.74) is 0. The molecular formula is C71H123NO10. The van der Waals surface area contributed by atoms with Crippen LogP contribution in [0.4, 0.5) is 0 Å². The van der Waals surface area contributed by atoms with Crippen molar-refractivity contribution in [2.75, 3.05) is 13.2 Å². The third-order valence-electron chi connectivity index (χ3n) is 15.2. The number of carbonyl (C=O) groups excluding carboxylic acids is 2. The van der Waals surface area contributed by atoms with Gasteiger partial charge in [-0.1, -0.05) is 259 Å². The number of rotatable bonds is 56. The summed E-state index contributed by atoms with van der Waals surface area (Å²) in [5, 5.41) is 57.1. The summed E-state index contributed by atoms with van der Waals surface area (Å²) < 4.78 is 17.6. The van der Waals surface area contributed by atoms with Crippen LogP contribution >= 0.6 is 0 Å². The van der Waals surface area contributed by atoms with E-state index in [4.69, 9.17) is 14.2 Å².